The van der Waals surface area contributed by atoms with Gasteiger partial charge < -0.3 is 15.3 Å². The number of rotatable bonds is 6. The van der Waals surface area contributed by atoms with Crippen molar-refractivity contribution in [3.05, 3.63) is 57.1 Å². The molecule has 0 radical (unpaired) electrons. The van der Waals surface area contributed by atoms with Crippen LogP contribution in [0.3, 0.4) is 0 Å². The molecule has 1 unspecified atom stereocenters. The molecule has 2 amide bonds. The Labute approximate surface area is 196 Å². The molecule has 0 heterocycles. The van der Waals surface area contributed by atoms with Gasteiger partial charge in [0.25, 0.3) is 11.8 Å². The number of halogens is 4. The molecule has 10 nitrogen and oxygen atoms in total. The third kappa shape index (κ3) is 4.98. The number of anilines is 1. The maximum Gasteiger partial charge on any atom is 0.426 e. The van der Waals surface area contributed by atoms with Gasteiger partial charge in [0, 0.05) is 19.7 Å². The van der Waals surface area contributed by atoms with Gasteiger partial charge in [0.15, 0.2) is 4.90 Å². The van der Waals surface area contributed by atoms with Crippen LogP contribution < -0.4 is 5.32 Å². The first-order valence-electron chi connectivity index (χ1n) is 9.07. The topological polar surface area (TPSA) is 147 Å². The van der Waals surface area contributed by atoms with Crippen LogP contribution in [-0.4, -0.2) is 61.0 Å². The van der Waals surface area contributed by atoms with Crippen LogP contribution in [0.1, 0.15) is 17.3 Å². The van der Waals surface area contributed by atoms with Gasteiger partial charge >= 0.3 is 11.9 Å². The van der Waals surface area contributed by atoms with Gasteiger partial charge in [0.2, 0.25) is 15.4 Å². The van der Waals surface area contributed by atoms with E-state index in [0.717, 1.165) is 18.2 Å². The maximum absolute atomic E-state index is 13.0. The largest absolute Gasteiger partial charge is 0.426 e. The monoisotopic (exact) mass is 523 g/mol. The normalized spacial score (nSPS) is 13.6. The number of benzene rings is 2. The number of sulfone groups is 1. The highest BCUT2D eigenvalue weighted by molar-refractivity contribution is 7.91. The van der Waals surface area contributed by atoms with Gasteiger partial charge in [0.05, 0.1) is 15.5 Å². The molecule has 0 bridgehead atoms. The lowest BCUT2D eigenvalue weighted by Gasteiger charge is -2.25. The summed E-state index contributed by atoms with van der Waals surface area (Å²) in [6.07, 6.45) is -5.38. The van der Waals surface area contributed by atoms with E-state index in [-0.39, 0.29) is 12.5 Å². The summed E-state index contributed by atoms with van der Waals surface area (Å²) in [5.74, 6) is -2.42. The van der Waals surface area contributed by atoms with E-state index in [1.165, 1.54) is 31.1 Å². The second-order valence-corrected chi connectivity index (χ2v) is 9.58. The molecular formula is C19H17ClF3N3O7S. The van der Waals surface area contributed by atoms with Crippen molar-refractivity contribution < 1.29 is 41.2 Å². The molecule has 0 aliphatic heterocycles. The number of nitro groups is 1. The highest BCUT2D eigenvalue weighted by Gasteiger charge is 2.56. The van der Waals surface area contributed by atoms with Crippen molar-refractivity contribution in [1.29, 1.82) is 0 Å². The fourth-order valence-electron chi connectivity index (χ4n) is 2.56. The van der Waals surface area contributed by atoms with Gasteiger partial charge in [-0.3, -0.25) is 19.7 Å². The summed E-state index contributed by atoms with van der Waals surface area (Å²) in [4.78, 5) is 34.2. The molecule has 0 saturated carbocycles. The molecule has 184 valence electrons. The van der Waals surface area contributed by atoms with Gasteiger partial charge in [0.1, 0.15) is 5.02 Å². The quantitative estimate of drug-likeness (QED) is 0.437. The minimum atomic E-state index is -5.38. The fourth-order valence-corrected chi connectivity index (χ4v) is 4.33. The zero-order valence-electron chi connectivity index (χ0n) is 17.7. The molecule has 2 aromatic rings. The van der Waals surface area contributed by atoms with Crippen LogP contribution in [0.25, 0.3) is 0 Å². The molecule has 1 atom stereocenters. The van der Waals surface area contributed by atoms with Crippen LogP contribution in [0.4, 0.5) is 24.5 Å². The molecule has 0 fully saturated rings. The second-order valence-electron chi connectivity index (χ2n) is 7.28. The van der Waals surface area contributed by atoms with E-state index in [1.54, 1.807) is 5.32 Å². The van der Waals surface area contributed by atoms with Gasteiger partial charge in [-0.15, -0.1) is 0 Å². The Balaban J connectivity index is 2.55. The van der Waals surface area contributed by atoms with Crippen LogP contribution in [0.5, 0.6) is 0 Å². The zero-order valence-corrected chi connectivity index (χ0v) is 19.2. The summed E-state index contributed by atoms with van der Waals surface area (Å²) in [5, 5.41) is 21.7. The standard InChI is InChI=1S/C19H17ClF3N3O7S/c1-18(29,19(21,22)23)17(28)24-12-8-9-13(15(14(12)20)26(30)31)34(32,33)11-6-4-10(5-7-11)16(27)25(2)3/h4-9,29H,1-3H3,(H,24,28). The van der Waals surface area contributed by atoms with Gasteiger partial charge in [-0.05, 0) is 43.3 Å². The SMILES string of the molecule is CN(C)C(=O)c1ccc(S(=O)(=O)c2ccc(NC(=O)C(C)(O)C(F)(F)F)c(Cl)c2[N+](=O)[O-])cc1. The van der Waals surface area contributed by atoms with Crippen molar-refractivity contribution in [3.63, 3.8) is 0 Å². The lowest BCUT2D eigenvalue weighted by Crippen LogP contribution is -2.52. The van der Waals surface area contributed by atoms with Gasteiger partial charge in [-0.2, -0.15) is 13.2 Å². The average Bonchev–Trinajstić information content (AvgIpc) is 2.73. The molecule has 0 spiro atoms. The molecule has 0 aromatic heterocycles. The highest BCUT2D eigenvalue weighted by Crippen LogP contribution is 2.40. The number of nitro benzene ring substituents is 1. The minimum Gasteiger partial charge on any atom is -0.373 e. The summed E-state index contributed by atoms with van der Waals surface area (Å²) in [6, 6.07) is 5.89. The number of nitrogens with one attached hydrogen (secondary N) is 1. The van der Waals surface area contributed by atoms with E-state index >= 15 is 0 Å². The highest BCUT2D eigenvalue weighted by atomic mass is 35.5. The summed E-state index contributed by atoms with van der Waals surface area (Å²) >= 11 is 5.88. The van der Waals surface area contributed by atoms with E-state index in [9.17, 15) is 46.4 Å². The number of aliphatic hydroxyl groups is 1. The number of alkyl halides is 3. The predicted octanol–water partition coefficient (Wildman–Crippen LogP) is 3.03. The number of carbonyl (C=O) groups excluding carboxylic acids is 2. The number of carbonyl (C=O) groups is 2. The lowest BCUT2D eigenvalue weighted by atomic mass is 10.1. The number of hydrogen-bond acceptors (Lipinski definition) is 7. The van der Waals surface area contributed by atoms with Crippen LogP contribution >= 0.6 is 11.6 Å². The van der Waals surface area contributed by atoms with Gasteiger partial charge in [-0.25, -0.2) is 8.42 Å². The molecular weight excluding hydrogens is 507 g/mol. The molecule has 15 heteroatoms. The Morgan fingerprint density at radius 3 is 2.09 bits per heavy atom. The van der Waals surface area contributed by atoms with Crippen molar-refractivity contribution in [2.45, 2.75) is 28.5 Å². The molecule has 0 aliphatic carbocycles. The first-order valence-corrected chi connectivity index (χ1v) is 10.9. The third-order valence-electron chi connectivity index (χ3n) is 4.61. The van der Waals surface area contributed by atoms with Crippen molar-refractivity contribution in [2.75, 3.05) is 19.4 Å². The van der Waals surface area contributed by atoms with E-state index in [2.05, 4.69) is 0 Å². The van der Waals surface area contributed by atoms with Crippen molar-refractivity contribution in [3.8, 4) is 0 Å². The average molecular weight is 524 g/mol. The van der Waals surface area contributed by atoms with Crippen LogP contribution in [-0.2, 0) is 14.6 Å². The van der Waals surface area contributed by atoms with Crippen LogP contribution in [0.15, 0.2) is 46.2 Å². The van der Waals surface area contributed by atoms with Crippen LogP contribution in [0.2, 0.25) is 5.02 Å². The first-order chi connectivity index (χ1) is 15.4. The predicted molar refractivity (Wildman–Crippen MR) is 113 cm³/mol. The van der Waals surface area contributed by atoms with Crippen molar-refractivity contribution >= 4 is 44.6 Å². The van der Waals surface area contributed by atoms with E-state index in [1.807, 2.05) is 0 Å². The fraction of sp³-hybridized carbons (Fsp3) is 0.263. The lowest BCUT2D eigenvalue weighted by molar-refractivity contribution is -0.387. The summed E-state index contributed by atoms with van der Waals surface area (Å²) < 4.78 is 64.6. The Hall–Kier alpha value is -3.23. The Kier molecular flexibility index (Phi) is 7.31. The Morgan fingerprint density at radius 2 is 1.65 bits per heavy atom. The molecule has 2 N–H and O–H groups in total. The van der Waals surface area contributed by atoms with E-state index in [0.29, 0.717) is 6.07 Å². The smallest absolute Gasteiger partial charge is 0.373 e. The maximum atomic E-state index is 13.0. The van der Waals surface area contributed by atoms with E-state index in [4.69, 9.17) is 11.6 Å². The summed E-state index contributed by atoms with van der Waals surface area (Å²) in [5.41, 5.74) is -5.65. The minimum absolute atomic E-state index is 0.145. The second kappa shape index (κ2) is 9.19. The van der Waals surface area contributed by atoms with Gasteiger partial charge in [-0.1, -0.05) is 11.6 Å². The summed E-state index contributed by atoms with van der Waals surface area (Å²) in [7, 11) is -1.63. The summed E-state index contributed by atoms with van der Waals surface area (Å²) in [6.45, 7) is 0.161. The molecule has 2 aromatic carbocycles. The van der Waals surface area contributed by atoms with E-state index < -0.39 is 64.5 Å². The van der Waals surface area contributed by atoms with Crippen molar-refractivity contribution in [2.24, 2.45) is 0 Å². The molecule has 0 aliphatic rings. The number of amides is 2. The third-order valence-corrected chi connectivity index (χ3v) is 6.80. The number of hydrogen-bond donors (Lipinski definition) is 2. The number of nitrogens with zero attached hydrogens (tertiary/aromatic N) is 2. The molecule has 2 rings (SSSR count). The Morgan fingerprint density at radius 1 is 1.12 bits per heavy atom. The van der Waals surface area contributed by atoms with Crippen molar-refractivity contribution in [1.82, 2.24) is 4.90 Å². The van der Waals surface area contributed by atoms with Crippen LogP contribution in [0, 0.1) is 10.1 Å². The molecule has 34 heavy (non-hydrogen) atoms. The molecule has 0 saturated heterocycles. The first kappa shape index (κ1) is 27.0. The zero-order chi connectivity index (χ0) is 26.2. The Bertz CT molecular complexity index is 1260.